The Morgan fingerprint density at radius 2 is 1.62 bits per heavy atom. The maximum atomic E-state index is 4.57. The third-order valence-corrected chi connectivity index (χ3v) is 7.54. The molecule has 0 spiro atoms. The maximum Gasteiger partial charge on any atom is 0.173 e. The number of aromatic nitrogens is 4. The van der Waals surface area contributed by atoms with E-state index < -0.39 is 0 Å². The van der Waals surface area contributed by atoms with E-state index in [4.69, 9.17) is 0 Å². The van der Waals surface area contributed by atoms with Crippen LogP contribution in [0.3, 0.4) is 0 Å². The normalized spacial score (nSPS) is 18.9. The highest BCUT2D eigenvalue weighted by atomic mass is 15.6. The summed E-state index contributed by atoms with van der Waals surface area (Å²) >= 11 is 0. The lowest BCUT2D eigenvalue weighted by Crippen LogP contribution is -2.51. The van der Waals surface area contributed by atoms with Gasteiger partial charge in [-0.15, -0.1) is 5.10 Å². The van der Waals surface area contributed by atoms with Crippen LogP contribution in [0.4, 0.5) is 5.69 Å². The van der Waals surface area contributed by atoms with E-state index >= 15 is 0 Å². The lowest BCUT2D eigenvalue weighted by molar-refractivity contribution is 0.0770. The van der Waals surface area contributed by atoms with Crippen molar-refractivity contribution in [1.29, 1.82) is 0 Å². The summed E-state index contributed by atoms with van der Waals surface area (Å²) < 4.78 is 2.01. The Labute approximate surface area is 203 Å². The van der Waals surface area contributed by atoms with Crippen LogP contribution in [-0.4, -0.2) is 76.3 Å². The molecule has 0 bridgehead atoms. The van der Waals surface area contributed by atoms with Crippen molar-refractivity contribution in [3.8, 4) is 0 Å². The van der Waals surface area contributed by atoms with Crippen molar-refractivity contribution in [3.05, 3.63) is 71.5 Å². The van der Waals surface area contributed by atoms with Crippen molar-refractivity contribution in [1.82, 2.24) is 30.0 Å². The van der Waals surface area contributed by atoms with Gasteiger partial charge in [0.2, 0.25) is 0 Å². The molecule has 1 aliphatic heterocycles. The van der Waals surface area contributed by atoms with Crippen LogP contribution in [0.2, 0.25) is 0 Å². The van der Waals surface area contributed by atoms with Gasteiger partial charge >= 0.3 is 0 Å². The van der Waals surface area contributed by atoms with Gasteiger partial charge in [0.25, 0.3) is 0 Å². The molecule has 0 unspecified atom stereocenters. The average Bonchev–Trinajstić information content (AvgIpc) is 3.57. The van der Waals surface area contributed by atoms with Crippen molar-refractivity contribution in [2.75, 3.05) is 45.2 Å². The average molecular weight is 460 g/mol. The van der Waals surface area contributed by atoms with Crippen molar-refractivity contribution in [2.45, 2.75) is 50.7 Å². The summed E-state index contributed by atoms with van der Waals surface area (Å²) in [5, 5.41) is 13.1. The third kappa shape index (κ3) is 5.15. The summed E-state index contributed by atoms with van der Waals surface area (Å²) in [7, 11) is 4.16. The van der Waals surface area contributed by atoms with E-state index in [1.165, 1.54) is 42.5 Å². The van der Waals surface area contributed by atoms with Gasteiger partial charge < -0.3 is 4.90 Å². The molecule has 2 aliphatic rings. The van der Waals surface area contributed by atoms with E-state index in [1.807, 2.05) is 4.68 Å². The highest BCUT2D eigenvalue weighted by Crippen LogP contribution is 2.31. The SMILES string of the molecule is CN(C)c1ccc([C@H](c2nnnn2CCc2ccccc2)N2CCN(C3CCCC3)CC2)cc1. The number of anilines is 1. The number of tetrazole rings is 1. The predicted octanol–water partition coefficient (Wildman–Crippen LogP) is 3.63. The predicted molar refractivity (Wildman–Crippen MR) is 136 cm³/mol. The van der Waals surface area contributed by atoms with Crippen LogP contribution in [0.25, 0.3) is 0 Å². The van der Waals surface area contributed by atoms with Gasteiger partial charge in [0.15, 0.2) is 5.82 Å². The Bertz CT molecular complexity index is 1020. The molecule has 7 nitrogen and oxygen atoms in total. The number of hydrogen-bond acceptors (Lipinski definition) is 6. The number of benzene rings is 2. The lowest BCUT2D eigenvalue weighted by Gasteiger charge is -2.41. The fourth-order valence-corrected chi connectivity index (χ4v) is 5.55. The fourth-order valence-electron chi connectivity index (χ4n) is 5.55. The highest BCUT2D eigenvalue weighted by Gasteiger charge is 2.33. The summed E-state index contributed by atoms with van der Waals surface area (Å²) in [5.41, 5.74) is 3.77. The molecule has 1 aromatic heterocycles. The minimum Gasteiger partial charge on any atom is -0.378 e. The maximum absolute atomic E-state index is 4.57. The molecule has 1 aliphatic carbocycles. The second-order valence-corrected chi connectivity index (χ2v) is 9.89. The molecule has 3 aromatic rings. The molecule has 2 fully saturated rings. The van der Waals surface area contributed by atoms with Crippen LogP contribution in [0.1, 0.15) is 48.7 Å². The van der Waals surface area contributed by atoms with Gasteiger partial charge in [0.1, 0.15) is 0 Å². The number of nitrogens with zero attached hydrogens (tertiary/aromatic N) is 7. The minimum atomic E-state index is 0.0627. The van der Waals surface area contributed by atoms with Gasteiger partial charge in [0, 0.05) is 58.5 Å². The fraction of sp³-hybridized carbons (Fsp3) is 0.519. The molecular formula is C27H37N7. The van der Waals surface area contributed by atoms with Gasteiger partial charge in [-0.05, 0) is 52.9 Å². The third-order valence-electron chi connectivity index (χ3n) is 7.54. The van der Waals surface area contributed by atoms with E-state index in [2.05, 4.69) is 98.9 Å². The zero-order valence-electron chi connectivity index (χ0n) is 20.6. The molecule has 7 heteroatoms. The van der Waals surface area contributed by atoms with Crippen LogP contribution in [0.5, 0.6) is 0 Å². The number of rotatable bonds is 8. The second-order valence-electron chi connectivity index (χ2n) is 9.89. The Hall–Kier alpha value is -2.77. The minimum absolute atomic E-state index is 0.0627. The molecule has 180 valence electrons. The van der Waals surface area contributed by atoms with Gasteiger partial charge in [0.05, 0.1) is 6.04 Å². The summed E-state index contributed by atoms with van der Waals surface area (Å²) in [6.07, 6.45) is 6.44. The Balaban J connectivity index is 1.38. The first-order valence-electron chi connectivity index (χ1n) is 12.7. The molecule has 0 radical (unpaired) electrons. The molecule has 1 saturated carbocycles. The van der Waals surface area contributed by atoms with Crippen molar-refractivity contribution in [3.63, 3.8) is 0 Å². The molecule has 0 N–H and O–H groups in total. The molecule has 34 heavy (non-hydrogen) atoms. The zero-order valence-corrected chi connectivity index (χ0v) is 20.6. The highest BCUT2D eigenvalue weighted by molar-refractivity contribution is 5.47. The summed E-state index contributed by atoms with van der Waals surface area (Å²) in [6, 6.07) is 20.3. The van der Waals surface area contributed by atoms with E-state index in [-0.39, 0.29) is 6.04 Å². The largest absolute Gasteiger partial charge is 0.378 e. The molecule has 2 aromatic carbocycles. The molecule has 0 amide bonds. The van der Waals surface area contributed by atoms with E-state index in [0.29, 0.717) is 0 Å². The van der Waals surface area contributed by atoms with E-state index in [0.717, 1.165) is 51.0 Å². The number of piperazine rings is 1. The Morgan fingerprint density at radius 3 is 2.29 bits per heavy atom. The van der Waals surface area contributed by atoms with Gasteiger partial charge in [-0.25, -0.2) is 4.68 Å². The van der Waals surface area contributed by atoms with Crippen LogP contribution < -0.4 is 4.90 Å². The van der Waals surface area contributed by atoms with Crippen LogP contribution in [0, 0.1) is 0 Å². The summed E-state index contributed by atoms with van der Waals surface area (Å²) in [5.74, 6) is 0.947. The Kier molecular flexibility index (Phi) is 7.21. The molecule has 2 heterocycles. The summed E-state index contributed by atoms with van der Waals surface area (Å²) in [4.78, 5) is 7.44. The Morgan fingerprint density at radius 1 is 0.912 bits per heavy atom. The van der Waals surface area contributed by atoms with Crippen molar-refractivity contribution in [2.24, 2.45) is 0 Å². The first-order chi connectivity index (χ1) is 16.7. The smallest absolute Gasteiger partial charge is 0.173 e. The van der Waals surface area contributed by atoms with Gasteiger partial charge in [-0.3, -0.25) is 9.80 Å². The molecular weight excluding hydrogens is 422 g/mol. The zero-order chi connectivity index (χ0) is 23.3. The standard InChI is InChI=1S/C27H37N7/c1-31(2)24-14-12-23(13-15-24)26(33-20-18-32(19-21-33)25-10-6-7-11-25)27-28-29-30-34(27)17-16-22-8-4-3-5-9-22/h3-5,8-9,12-15,25-26H,6-7,10-11,16-21H2,1-2H3/t26-/m1/s1. The lowest BCUT2D eigenvalue weighted by atomic mass is 10.0. The van der Waals surface area contributed by atoms with Crippen LogP contribution >= 0.6 is 0 Å². The quantitative estimate of drug-likeness (QED) is 0.513. The summed E-state index contributed by atoms with van der Waals surface area (Å²) in [6.45, 7) is 5.12. The molecule has 5 rings (SSSR count). The first-order valence-corrected chi connectivity index (χ1v) is 12.7. The van der Waals surface area contributed by atoms with E-state index in [1.54, 1.807) is 0 Å². The van der Waals surface area contributed by atoms with E-state index in [9.17, 15) is 0 Å². The number of aryl methyl sites for hydroxylation is 2. The van der Waals surface area contributed by atoms with Crippen LogP contribution in [0.15, 0.2) is 54.6 Å². The van der Waals surface area contributed by atoms with Gasteiger partial charge in [-0.1, -0.05) is 55.3 Å². The van der Waals surface area contributed by atoms with Crippen LogP contribution in [-0.2, 0) is 13.0 Å². The molecule has 1 atom stereocenters. The monoisotopic (exact) mass is 459 g/mol. The van der Waals surface area contributed by atoms with Crippen molar-refractivity contribution < 1.29 is 0 Å². The first kappa shape index (κ1) is 23.0. The second kappa shape index (κ2) is 10.7. The molecule has 1 saturated heterocycles. The van der Waals surface area contributed by atoms with Crippen molar-refractivity contribution >= 4 is 5.69 Å². The topological polar surface area (TPSA) is 53.3 Å². The number of hydrogen-bond donors (Lipinski definition) is 0. The van der Waals surface area contributed by atoms with Gasteiger partial charge in [-0.2, -0.15) is 0 Å².